The van der Waals surface area contributed by atoms with Crippen LogP contribution in [0.25, 0.3) is 10.6 Å². The lowest BCUT2D eigenvalue weighted by molar-refractivity contribution is 0.102. The van der Waals surface area contributed by atoms with Crippen LogP contribution in [0.15, 0.2) is 58.7 Å². The van der Waals surface area contributed by atoms with Gasteiger partial charge in [-0.05, 0) is 29.0 Å². The second kappa shape index (κ2) is 7.85. The number of aryl methyl sites for hydroxylation is 1. The summed E-state index contributed by atoms with van der Waals surface area (Å²) >= 11 is 3.09. The van der Waals surface area contributed by atoms with Crippen LogP contribution in [0.1, 0.15) is 28.5 Å². The van der Waals surface area contributed by atoms with E-state index in [0.717, 1.165) is 22.6 Å². The molecule has 3 aromatic heterocycles. The Labute approximate surface area is 165 Å². The molecule has 0 aliphatic rings. The molecule has 0 spiro atoms. The Kier molecular flexibility index (Phi) is 5.13. The van der Waals surface area contributed by atoms with Gasteiger partial charge < -0.3 is 5.32 Å². The van der Waals surface area contributed by atoms with Crippen LogP contribution in [0.2, 0.25) is 0 Å². The highest BCUT2D eigenvalue weighted by Crippen LogP contribution is 2.26. The van der Waals surface area contributed by atoms with Gasteiger partial charge in [-0.2, -0.15) is 16.4 Å². The van der Waals surface area contributed by atoms with Gasteiger partial charge in [0.1, 0.15) is 16.5 Å². The highest BCUT2D eigenvalue weighted by atomic mass is 32.1. The number of rotatable bonds is 6. The summed E-state index contributed by atoms with van der Waals surface area (Å²) in [5.74, 6) is 0.431. The summed E-state index contributed by atoms with van der Waals surface area (Å²) < 4.78 is 1.78. The van der Waals surface area contributed by atoms with Gasteiger partial charge in [0.15, 0.2) is 0 Å². The maximum Gasteiger partial charge on any atom is 0.276 e. The lowest BCUT2D eigenvalue weighted by Crippen LogP contribution is -2.16. The van der Waals surface area contributed by atoms with Crippen LogP contribution in [-0.2, 0) is 13.0 Å². The summed E-state index contributed by atoms with van der Waals surface area (Å²) in [7, 11) is 0. The van der Waals surface area contributed by atoms with E-state index in [9.17, 15) is 4.79 Å². The highest BCUT2D eigenvalue weighted by molar-refractivity contribution is 7.14. The molecule has 27 heavy (non-hydrogen) atoms. The molecular formula is C20H18N4OS2. The Hall–Kier alpha value is -2.77. The molecule has 1 amide bonds. The number of hydrogen-bond acceptors (Lipinski definition) is 5. The number of anilines is 1. The molecule has 136 valence electrons. The summed E-state index contributed by atoms with van der Waals surface area (Å²) in [6.07, 6.45) is 2.71. The second-order valence-corrected chi connectivity index (χ2v) is 7.69. The highest BCUT2D eigenvalue weighted by Gasteiger charge is 2.14. The second-order valence-electron chi connectivity index (χ2n) is 6.05. The number of hydrogen-bond donors (Lipinski definition) is 1. The van der Waals surface area contributed by atoms with Crippen molar-refractivity contribution < 1.29 is 4.79 Å². The first kappa shape index (κ1) is 17.6. The fraction of sp³-hybridized carbons (Fsp3) is 0.150. The molecule has 0 aliphatic carbocycles. The minimum atomic E-state index is -0.226. The summed E-state index contributed by atoms with van der Waals surface area (Å²) in [5, 5.41) is 13.9. The fourth-order valence-corrected chi connectivity index (χ4v) is 4.21. The molecule has 0 bridgehead atoms. The monoisotopic (exact) mass is 394 g/mol. The lowest BCUT2D eigenvalue weighted by atomic mass is 10.1. The van der Waals surface area contributed by atoms with E-state index in [1.165, 1.54) is 16.9 Å². The lowest BCUT2D eigenvalue weighted by Gasteiger charge is -2.09. The average Bonchev–Trinajstić information content (AvgIpc) is 3.44. The van der Waals surface area contributed by atoms with E-state index in [4.69, 9.17) is 0 Å². The maximum atomic E-state index is 12.6. The van der Waals surface area contributed by atoms with Gasteiger partial charge >= 0.3 is 0 Å². The van der Waals surface area contributed by atoms with E-state index < -0.39 is 0 Å². The van der Waals surface area contributed by atoms with Crippen molar-refractivity contribution in [3.8, 4) is 10.6 Å². The summed E-state index contributed by atoms with van der Waals surface area (Å²) in [5.41, 5.74) is 3.91. The number of carbonyl (C=O) groups excluding carboxylic acids is 1. The third-order valence-corrected chi connectivity index (χ3v) is 5.80. The minimum absolute atomic E-state index is 0.226. The summed E-state index contributed by atoms with van der Waals surface area (Å²) in [6.45, 7) is 2.74. The van der Waals surface area contributed by atoms with Gasteiger partial charge in [0, 0.05) is 22.4 Å². The van der Waals surface area contributed by atoms with Crippen LogP contribution in [0.3, 0.4) is 0 Å². The van der Waals surface area contributed by atoms with E-state index in [0.29, 0.717) is 18.1 Å². The van der Waals surface area contributed by atoms with Crippen LogP contribution in [0, 0.1) is 0 Å². The Morgan fingerprint density at radius 3 is 2.67 bits per heavy atom. The third-order valence-electron chi connectivity index (χ3n) is 4.23. The van der Waals surface area contributed by atoms with E-state index in [1.54, 1.807) is 33.7 Å². The number of thiazole rings is 1. The summed E-state index contributed by atoms with van der Waals surface area (Å²) in [6, 6.07) is 12.2. The van der Waals surface area contributed by atoms with Crippen LogP contribution in [0.5, 0.6) is 0 Å². The zero-order chi connectivity index (χ0) is 18.6. The minimum Gasteiger partial charge on any atom is -0.305 e. The molecule has 0 saturated heterocycles. The maximum absolute atomic E-state index is 12.6. The Morgan fingerprint density at radius 1 is 1.11 bits per heavy atom. The van der Waals surface area contributed by atoms with Crippen LogP contribution in [0.4, 0.5) is 5.82 Å². The quantitative estimate of drug-likeness (QED) is 0.504. The summed E-state index contributed by atoms with van der Waals surface area (Å²) in [4.78, 5) is 17.0. The third kappa shape index (κ3) is 3.99. The number of thiophene rings is 1. The van der Waals surface area contributed by atoms with Gasteiger partial charge in [-0.1, -0.05) is 31.2 Å². The first-order valence-corrected chi connectivity index (χ1v) is 10.4. The normalized spacial score (nSPS) is 10.9. The molecule has 7 heteroatoms. The predicted molar refractivity (Wildman–Crippen MR) is 111 cm³/mol. The smallest absolute Gasteiger partial charge is 0.276 e. The molecule has 0 radical (unpaired) electrons. The van der Waals surface area contributed by atoms with Crippen molar-refractivity contribution in [1.29, 1.82) is 0 Å². The van der Waals surface area contributed by atoms with Gasteiger partial charge in [0.25, 0.3) is 5.91 Å². The molecular weight excluding hydrogens is 376 g/mol. The van der Waals surface area contributed by atoms with Crippen LogP contribution in [-0.4, -0.2) is 20.7 Å². The van der Waals surface area contributed by atoms with E-state index in [2.05, 4.69) is 46.6 Å². The number of amides is 1. The van der Waals surface area contributed by atoms with Crippen molar-refractivity contribution in [1.82, 2.24) is 14.8 Å². The van der Waals surface area contributed by atoms with Gasteiger partial charge in [-0.3, -0.25) is 4.79 Å². The fourth-order valence-electron chi connectivity index (χ4n) is 2.70. The molecule has 4 aromatic rings. The van der Waals surface area contributed by atoms with Crippen molar-refractivity contribution >= 4 is 34.4 Å². The van der Waals surface area contributed by atoms with E-state index >= 15 is 0 Å². The molecule has 1 aromatic carbocycles. The first-order chi connectivity index (χ1) is 13.2. The molecule has 1 N–H and O–H groups in total. The van der Waals surface area contributed by atoms with Crippen LogP contribution < -0.4 is 5.32 Å². The van der Waals surface area contributed by atoms with Gasteiger partial charge in [0.05, 0.1) is 12.7 Å². The molecule has 0 fully saturated rings. The molecule has 0 aliphatic heterocycles. The van der Waals surface area contributed by atoms with Gasteiger partial charge in [-0.25, -0.2) is 9.67 Å². The van der Waals surface area contributed by atoms with E-state index in [1.807, 2.05) is 16.8 Å². The number of aromatic nitrogens is 3. The van der Waals surface area contributed by atoms with Gasteiger partial charge in [0.2, 0.25) is 0 Å². The molecule has 0 unspecified atom stereocenters. The Bertz CT molecular complexity index is 1030. The van der Waals surface area contributed by atoms with Crippen LogP contribution >= 0.6 is 22.7 Å². The van der Waals surface area contributed by atoms with Crippen molar-refractivity contribution in [3.63, 3.8) is 0 Å². The van der Waals surface area contributed by atoms with Crippen molar-refractivity contribution in [3.05, 3.63) is 75.6 Å². The van der Waals surface area contributed by atoms with Crippen molar-refractivity contribution in [2.75, 3.05) is 5.32 Å². The molecule has 0 atom stereocenters. The standard InChI is InChI=1S/C20H18N4OS2/c1-2-14-3-5-15(6-4-14)11-24-18(7-9-21-24)23-19(25)17-13-27-20(22-17)16-8-10-26-12-16/h3-10,12-13H,2,11H2,1H3,(H,23,25). The SMILES string of the molecule is CCc1ccc(Cn2nccc2NC(=O)c2csc(-c3ccsc3)n2)cc1. The number of carbonyl (C=O) groups is 1. The number of nitrogens with zero attached hydrogens (tertiary/aromatic N) is 3. The van der Waals surface area contributed by atoms with Crippen molar-refractivity contribution in [2.24, 2.45) is 0 Å². The Morgan fingerprint density at radius 2 is 1.93 bits per heavy atom. The van der Waals surface area contributed by atoms with Gasteiger partial charge in [-0.15, -0.1) is 11.3 Å². The molecule has 0 saturated carbocycles. The van der Waals surface area contributed by atoms with E-state index in [-0.39, 0.29) is 5.91 Å². The predicted octanol–water partition coefficient (Wildman–Crippen LogP) is 4.93. The average molecular weight is 395 g/mol. The zero-order valence-corrected chi connectivity index (χ0v) is 16.4. The molecule has 3 heterocycles. The topological polar surface area (TPSA) is 59.8 Å². The molecule has 5 nitrogen and oxygen atoms in total. The van der Waals surface area contributed by atoms with Crippen molar-refractivity contribution in [2.45, 2.75) is 19.9 Å². The zero-order valence-electron chi connectivity index (χ0n) is 14.8. The Balaban J connectivity index is 1.47. The number of benzene rings is 1. The first-order valence-electron chi connectivity index (χ1n) is 8.62. The largest absolute Gasteiger partial charge is 0.305 e. The number of nitrogens with one attached hydrogen (secondary N) is 1. The molecule has 4 rings (SSSR count).